The summed E-state index contributed by atoms with van der Waals surface area (Å²) in [6.45, 7) is 1.51. The van der Waals surface area contributed by atoms with E-state index in [9.17, 15) is 18.0 Å². The summed E-state index contributed by atoms with van der Waals surface area (Å²) in [5, 5.41) is 16.5. The second kappa shape index (κ2) is 6.03. The van der Waals surface area contributed by atoms with Crippen molar-refractivity contribution in [3.63, 3.8) is 0 Å². The van der Waals surface area contributed by atoms with E-state index in [0.717, 1.165) is 0 Å². The van der Waals surface area contributed by atoms with Gasteiger partial charge in [-0.2, -0.15) is 17.7 Å². The summed E-state index contributed by atoms with van der Waals surface area (Å²) in [4.78, 5) is 13.3. The Balaban J connectivity index is 1.77. The van der Waals surface area contributed by atoms with Gasteiger partial charge in [0.2, 0.25) is 5.91 Å². The van der Waals surface area contributed by atoms with Crippen LogP contribution in [-0.2, 0) is 11.0 Å². The topological polar surface area (TPSA) is 101 Å². The first-order valence-corrected chi connectivity index (χ1v) is 6.98. The first-order valence-electron chi connectivity index (χ1n) is 6.98. The molecule has 132 valence electrons. The van der Waals surface area contributed by atoms with Crippen LogP contribution in [0.3, 0.4) is 0 Å². The van der Waals surface area contributed by atoms with E-state index in [1.165, 1.54) is 30.1 Å². The van der Waals surface area contributed by atoms with E-state index in [-0.39, 0.29) is 23.8 Å². The van der Waals surface area contributed by atoms with Crippen LogP contribution in [0.4, 0.5) is 24.8 Å². The Morgan fingerprint density at radius 3 is 2.76 bits per heavy atom. The molecule has 3 aromatic heterocycles. The van der Waals surface area contributed by atoms with Gasteiger partial charge in [0.15, 0.2) is 11.5 Å². The number of amides is 1. The highest BCUT2D eigenvalue weighted by Crippen LogP contribution is 2.27. The smallest absolute Gasteiger partial charge is 0.360 e. The molecule has 9 nitrogen and oxygen atoms in total. The van der Waals surface area contributed by atoms with Gasteiger partial charge in [-0.3, -0.25) is 4.79 Å². The van der Waals surface area contributed by atoms with Gasteiger partial charge in [0, 0.05) is 13.1 Å². The number of carbonyl (C=O) groups excluding carboxylic acids is 1. The van der Waals surface area contributed by atoms with Crippen molar-refractivity contribution in [3.8, 4) is 0 Å². The van der Waals surface area contributed by atoms with Crippen LogP contribution in [0, 0.1) is 6.92 Å². The average molecular weight is 355 g/mol. The molecule has 1 N–H and O–H groups in total. The lowest BCUT2D eigenvalue weighted by atomic mass is 10.4. The number of halogens is 3. The number of likely N-dealkylation sites (N-methyl/N-ethyl adjacent to an activating group) is 1. The molecule has 0 aliphatic carbocycles. The van der Waals surface area contributed by atoms with Gasteiger partial charge >= 0.3 is 6.18 Å². The molecule has 3 aromatic rings. The SMILES string of the molecule is Cc1cc(NC(=O)CN(C)c2ccc3nnc(C(F)(F)F)n3n2)no1. The summed E-state index contributed by atoms with van der Waals surface area (Å²) in [5.74, 6) is -0.748. The molecule has 0 atom stereocenters. The second-order valence-corrected chi connectivity index (χ2v) is 5.21. The van der Waals surface area contributed by atoms with E-state index < -0.39 is 17.9 Å². The summed E-state index contributed by atoms with van der Waals surface area (Å²) in [6.07, 6.45) is -4.69. The molecule has 0 saturated carbocycles. The number of carbonyl (C=O) groups is 1. The minimum atomic E-state index is -4.69. The predicted octanol–water partition coefficient (Wildman–Crippen LogP) is 1.51. The van der Waals surface area contributed by atoms with Crippen LogP contribution in [0.1, 0.15) is 11.6 Å². The largest absolute Gasteiger partial charge is 0.453 e. The molecule has 0 aromatic carbocycles. The zero-order valence-electron chi connectivity index (χ0n) is 13.1. The Kier molecular flexibility index (Phi) is 4.02. The van der Waals surface area contributed by atoms with Crippen molar-refractivity contribution in [3.05, 3.63) is 29.8 Å². The van der Waals surface area contributed by atoms with Crippen molar-refractivity contribution in [1.82, 2.24) is 25.0 Å². The van der Waals surface area contributed by atoms with Crippen LogP contribution in [0.15, 0.2) is 22.7 Å². The Morgan fingerprint density at radius 1 is 1.36 bits per heavy atom. The Bertz CT molecular complexity index is 918. The Morgan fingerprint density at radius 2 is 2.12 bits per heavy atom. The summed E-state index contributed by atoms with van der Waals surface area (Å²) in [5.41, 5.74) is -0.0491. The van der Waals surface area contributed by atoms with Crippen molar-refractivity contribution >= 4 is 23.2 Å². The summed E-state index contributed by atoms with van der Waals surface area (Å²) < 4.78 is 44.1. The lowest BCUT2D eigenvalue weighted by molar-refractivity contribution is -0.146. The number of alkyl halides is 3. The van der Waals surface area contributed by atoms with Crippen LogP contribution in [0.2, 0.25) is 0 Å². The molecule has 0 radical (unpaired) electrons. The third kappa shape index (κ3) is 3.51. The van der Waals surface area contributed by atoms with E-state index in [2.05, 4.69) is 25.8 Å². The standard InChI is InChI=1S/C13H12F3N7O2/c1-7-5-8(21-25-7)17-11(24)6-22(2)10-4-3-9-18-19-12(13(14,15)16)23(9)20-10/h3-5H,6H2,1-2H3,(H,17,21,24). The van der Waals surface area contributed by atoms with Gasteiger partial charge in [-0.1, -0.05) is 5.16 Å². The minimum Gasteiger partial charge on any atom is -0.360 e. The highest BCUT2D eigenvalue weighted by molar-refractivity contribution is 5.93. The number of aromatic nitrogens is 5. The van der Waals surface area contributed by atoms with Gasteiger partial charge in [0.05, 0.1) is 6.54 Å². The van der Waals surface area contributed by atoms with Crippen molar-refractivity contribution in [1.29, 1.82) is 0 Å². The van der Waals surface area contributed by atoms with Crippen LogP contribution >= 0.6 is 0 Å². The number of anilines is 2. The summed E-state index contributed by atoms with van der Waals surface area (Å²) in [6, 6.07) is 4.31. The van der Waals surface area contributed by atoms with Crippen LogP contribution in [-0.4, -0.2) is 44.5 Å². The fraction of sp³-hybridized carbons (Fsp3) is 0.308. The number of hydrogen-bond donors (Lipinski definition) is 1. The Hall–Kier alpha value is -3.18. The van der Waals surface area contributed by atoms with Crippen molar-refractivity contribution < 1.29 is 22.5 Å². The van der Waals surface area contributed by atoms with Crippen LogP contribution in [0.5, 0.6) is 0 Å². The molecule has 12 heteroatoms. The fourth-order valence-corrected chi connectivity index (χ4v) is 2.06. The number of nitrogens with zero attached hydrogens (tertiary/aromatic N) is 6. The van der Waals surface area contributed by atoms with Crippen molar-refractivity contribution in [2.24, 2.45) is 0 Å². The molecular formula is C13H12F3N7O2. The number of fused-ring (bicyclic) bond motifs is 1. The van der Waals surface area contributed by atoms with Gasteiger partial charge < -0.3 is 14.7 Å². The summed E-state index contributed by atoms with van der Waals surface area (Å²) in [7, 11) is 1.51. The quantitative estimate of drug-likeness (QED) is 0.757. The first-order chi connectivity index (χ1) is 11.7. The van der Waals surface area contributed by atoms with E-state index in [0.29, 0.717) is 10.3 Å². The van der Waals surface area contributed by atoms with Gasteiger partial charge in [-0.25, -0.2) is 0 Å². The molecule has 0 saturated heterocycles. The number of hydrogen-bond acceptors (Lipinski definition) is 7. The highest BCUT2D eigenvalue weighted by Gasteiger charge is 2.37. The highest BCUT2D eigenvalue weighted by atomic mass is 19.4. The van der Waals surface area contributed by atoms with E-state index in [4.69, 9.17) is 4.52 Å². The lowest BCUT2D eigenvalue weighted by Crippen LogP contribution is -2.31. The molecule has 0 aliphatic heterocycles. The van der Waals surface area contributed by atoms with Gasteiger partial charge in [-0.05, 0) is 19.1 Å². The van der Waals surface area contributed by atoms with Crippen LogP contribution < -0.4 is 10.2 Å². The first kappa shape index (κ1) is 16.7. The fourth-order valence-electron chi connectivity index (χ4n) is 2.06. The average Bonchev–Trinajstić information content (AvgIpc) is 3.11. The predicted molar refractivity (Wildman–Crippen MR) is 78.9 cm³/mol. The van der Waals surface area contributed by atoms with Gasteiger partial charge in [-0.15, -0.1) is 15.3 Å². The van der Waals surface area contributed by atoms with E-state index in [1.54, 1.807) is 6.92 Å². The Labute approximate surface area is 138 Å². The molecule has 3 rings (SSSR count). The zero-order chi connectivity index (χ0) is 18.2. The molecular weight excluding hydrogens is 343 g/mol. The van der Waals surface area contributed by atoms with E-state index in [1.807, 2.05) is 0 Å². The molecule has 25 heavy (non-hydrogen) atoms. The van der Waals surface area contributed by atoms with Crippen LogP contribution in [0.25, 0.3) is 5.65 Å². The molecule has 0 aliphatic rings. The molecule has 0 spiro atoms. The lowest BCUT2D eigenvalue weighted by Gasteiger charge is -2.17. The van der Waals surface area contributed by atoms with Gasteiger partial charge in [0.1, 0.15) is 11.6 Å². The third-order valence-corrected chi connectivity index (χ3v) is 3.17. The minimum absolute atomic E-state index is 0.0491. The van der Waals surface area contributed by atoms with Gasteiger partial charge in [0.25, 0.3) is 5.82 Å². The number of rotatable bonds is 4. The summed E-state index contributed by atoms with van der Waals surface area (Å²) >= 11 is 0. The molecule has 0 unspecified atom stereocenters. The molecule has 1 amide bonds. The maximum atomic E-state index is 12.9. The normalized spacial score (nSPS) is 11.7. The van der Waals surface area contributed by atoms with Crippen molar-refractivity contribution in [2.45, 2.75) is 13.1 Å². The zero-order valence-corrected chi connectivity index (χ0v) is 13.1. The number of nitrogens with one attached hydrogen (secondary N) is 1. The molecule has 3 heterocycles. The maximum absolute atomic E-state index is 12.9. The number of aryl methyl sites for hydroxylation is 1. The van der Waals surface area contributed by atoms with E-state index >= 15 is 0 Å². The second-order valence-electron chi connectivity index (χ2n) is 5.21. The van der Waals surface area contributed by atoms with Crippen molar-refractivity contribution in [2.75, 3.05) is 23.8 Å². The monoisotopic (exact) mass is 355 g/mol. The maximum Gasteiger partial charge on any atom is 0.453 e. The molecule has 0 fully saturated rings. The molecule has 0 bridgehead atoms. The third-order valence-electron chi connectivity index (χ3n) is 3.17.